The molecule has 0 fully saturated rings. The number of amides is 1. The first-order chi connectivity index (χ1) is 16.6. The summed E-state index contributed by atoms with van der Waals surface area (Å²) in [5, 5.41) is 9.60. The number of carbonyl (C=O) groups excluding carboxylic acids is 2. The SMILES string of the molecule is COc1ccccc1NC(=O)Cc1nc(COC(=O)CCc2cnn(-c3ccccc3)c2)cs1. The number of ether oxygens (including phenoxy) is 2. The predicted molar refractivity (Wildman–Crippen MR) is 129 cm³/mol. The van der Waals surface area contributed by atoms with Gasteiger partial charge in [-0.3, -0.25) is 9.59 Å². The fourth-order valence-corrected chi connectivity index (χ4v) is 4.04. The van der Waals surface area contributed by atoms with Crippen molar-refractivity contribution in [3.8, 4) is 11.4 Å². The highest BCUT2D eigenvalue weighted by molar-refractivity contribution is 7.09. The molecule has 0 saturated heterocycles. The molecular weight excluding hydrogens is 452 g/mol. The van der Waals surface area contributed by atoms with E-state index in [2.05, 4.69) is 15.4 Å². The van der Waals surface area contributed by atoms with E-state index in [1.54, 1.807) is 35.5 Å². The standard InChI is InChI=1S/C25H24N4O4S/c1-32-22-10-6-5-9-21(22)28-23(30)13-24-27-19(17-34-24)16-33-25(31)12-11-18-14-26-29(15-18)20-7-3-2-4-8-20/h2-10,14-15,17H,11-13,16H2,1H3,(H,28,30). The Morgan fingerprint density at radius 2 is 1.88 bits per heavy atom. The number of nitrogens with zero attached hydrogens (tertiary/aromatic N) is 3. The molecule has 0 aliphatic rings. The van der Waals surface area contributed by atoms with Crippen LogP contribution in [0.25, 0.3) is 5.69 Å². The van der Waals surface area contributed by atoms with Crippen LogP contribution in [0.3, 0.4) is 0 Å². The molecule has 4 aromatic rings. The number of hydrogen-bond acceptors (Lipinski definition) is 7. The van der Waals surface area contributed by atoms with E-state index in [9.17, 15) is 9.59 Å². The maximum Gasteiger partial charge on any atom is 0.306 e. The van der Waals surface area contributed by atoms with Gasteiger partial charge in [0.05, 0.1) is 36.8 Å². The van der Waals surface area contributed by atoms with Gasteiger partial charge < -0.3 is 14.8 Å². The molecular formula is C25H24N4O4S. The summed E-state index contributed by atoms with van der Waals surface area (Å²) in [4.78, 5) is 28.9. The van der Waals surface area contributed by atoms with E-state index in [1.165, 1.54) is 11.3 Å². The van der Waals surface area contributed by atoms with Gasteiger partial charge >= 0.3 is 5.97 Å². The minimum atomic E-state index is -0.309. The number of anilines is 1. The number of esters is 1. The Balaban J connectivity index is 1.21. The zero-order chi connectivity index (χ0) is 23.8. The predicted octanol–water partition coefficient (Wildman–Crippen LogP) is 4.19. The maximum atomic E-state index is 12.3. The summed E-state index contributed by atoms with van der Waals surface area (Å²) < 4.78 is 12.4. The van der Waals surface area contributed by atoms with Crippen LogP contribution in [0.4, 0.5) is 5.69 Å². The van der Waals surface area contributed by atoms with E-state index in [0.29, 0.717) is 28.6 Å². The lowest BCUT2D eigenvalue weighted by Crippen LogP contribution is -2.15. The van der Waals surface area contributed by atoms with Gasteiger partial charge in [0, 0.05) is 18.0 Å². The highest BCUT2D eigenvalue weighted by Gasteiger charge is 2.12. The fourth-order valence-electron chi connectivity index (χ4n) is 3.26. The van der Waals surface area contributed by atoms with Crippen molar-refractivity contribution in [2.75, 3.05) is 12.4 Å². The molecule has 0 unspecified atom stereocenters. The highest BCUT2D eigenvalue weighted by Crippen LogP contribution is 2.23. The second-order valence-electron chi connectivity index (χ2n) is 7.45. The third kappa shape index (κ3) is 6.29. The van der Waals surface area contributed by atoms with Gasteiger partial charge in [0.15, 0.2) is 0 Å². The Morgan fingerprint density at radius 3 is 2.71 bits per heavy atom. The van der Waals surface area contributed by atoms with Crippen molar-refractivity contribution < 1.29 is 19.1 Å². The number of thiazole rings is 1. The lowest BCUT2D eigenvalue weighted by Gasteiger charge is -2.08. The van der Waals surface area contributed by atoms with Crippen LogP contribution in [-0.2, 0) is 33.8 Å². The smallest absolute Gasteiger partial charge is 0.306 e. The topological polar surface area (TPSA) is 95.3 Å². The molecule has 1 amide bonds. The van der Waals surface area contributed by atoms with Crippen molar-refractivity contribution in [3.63, 3.8) is 0 Å². The van der Waals surface area contributed by atoms with E-state index in [0.717, 1.165) is 11.3 Å². The van der Waals surface area contributed by atoms with E-state index >= 15 is 0 Å². The van der Waals surface area contributed by atoms with Gasteiger partial charge in [-0.15, -0.1) is 11.3 Å². The van der Waals surface area contributed by atoms with Gasteiger partial charge in [0.25, 0.3) is 0 Å². The van der Waals surface area contributed by atoms with Crippen LogP contribution in [0, 0.1) is 0 Å². The van der Waals surface area contributed by atoms with Crippen molar-refractivity contribution in [2.24, 2.45) is 0 Å². The molecule has 0 aliphatic carbocycles. The lowest BCUT2D eigenvalue weighted by molar-refractivity contribution is -0.145. The van der Waals surface area contributed by atoms with Gasteiger partial charge in [-0.25, -0.2) is 9.67 Å². The van der Waals surface area contributed by atoms with Crippen molar-refractivity contribution in [1.29, 1.82) is 0 Å². The van der Waals surface area contributed by atoms with Crippen LogP contribution in [-0.4, -0.2) is 33.8 Å². The van der Waals surface area contributed by atoms with Crippen LogP contribution in [0.1, 0.15) is 22.7 Å². The number of methoxy groups -OCH3 is 1. The molecule has 0 spiro atoms. The summed E-state index contributed by atoms with van der Waals surface area (Å²) in [5.41, 5.74) is 3.15. The molecule has 0 aliphatic heterocycles. The minimum absolute atomic E-state index is 0.0761. The van der Waals surface area contributed by atoms with Gasteiger partial charge in [0.1, 0.15) is 17.4 Å². The number of rotatable bonds is 10. The summed E-state index contributed by atoms with van der Waals surface area (Å²) in [6.07, 6.45) is 4.58. The van der Waals surface area contributed by atoms with E-state index in [-0.39, 0.29) is 31.3 Å². The van der Waals surface area contributed by atoms with Crippen LogP contribution >= 0.6 is 11.3 Å². The van der Waals surface area contributed by atoms with Gasteiger partial charge in [-0.2, -0.15) is 5.10 Å². The number of carbonyl (C=O) groups is 2. The molecule has 8 nitrogen and oxygen atoms in total. The van der Waals surface area contributed by atoms with Crippen molar-refractivity contribution in [1.82, 2.24) is 14.8 Å². The van der Waals surface area contributed by atoms with Crippen LogP contribution in [0.5, 0.6) is 5.75 Å². The summed E-state index contributed by atoms with van der Waals surface area (Å²) in [5.74, 6) is 0.0874. The molecule has 174 valence electrons. The Labute approximate surface area is 201 Å². The summed E-state index contributed by atoms with van der Waals surface area (Å²) in [6.45, 7) is 0.0761. The second kappa shape index (κ2) is 11.2. The lowest BCUT2D eigenvalue weighted by atomic mass is 10.2. The fraction of sp³-hybridized carbons (Fsp3) is 0.200. The van der Waals surface area contributed by atoms with Gasteiger partial charge in [0.2, 0.25) is 5.91 Å². The van der Waals surface area contributed by atoms with Crippen LogP contribution in [0.15, 0.2) is 72.4 Å². The normalized spacial score (nSPS) is 10.6. The monoisotopic (exact) mass is 476 g/mol. The number of hydrogen-bond donors (Lipinski definition) is 1. The molecule has 9 heteroatoms. The largest absolute Gasteiger partial charge is 0.495 e. The summed E-state index contributed by atoms with van der Waals surface area (Å²) in [6, 6.07) is 17.0. The third-order valence-electron chi connectivity index (χ3n) is 4.95. The number of aryl methyl sites for hydroxylation is 1. The summed E-state index contributed by atoms with van der Waals surface area (Å²) in [7, 11) is 1.55. The molecule has 0 bridgehead atoms. The second-order valence-corrected chi connectivity index (χ2v) is 8.39. The first-order valence-corrected chi connectivity index (χ1v) is 11.6. The highest BCUT2D eigenvalue weighted by atomic mass is 32.1. The van der Waals surface area contributed by atoms with Crippen LogP contribution < -0.4 is 10.1 Å². The van der Waals surface area contributed by atoms with Crippen molar-refractivity contribution >= 4 is 28.9 Å². The molecule has 0 saturated carbocycles. The van der Waals surface area contributed by atoms with Crippen molar-refractivity contribution in [2.45, 2.75) is 25.9 Å². The van der Waals surface area contributed by atoms with Gasteiger partial charge in [-0.05, 0) is 36.2 Å². The van der Waals surface area contributed by atoms with E-state index in [4.69, 9.17) is 9.47 Å². The number of aromatic nitrogens is 3. The quantitative estimate of drug-likeness (QED) is 0.345. The molecule has 4 rings (SSSR count). The molecule has 2 aromatic carbocycles. The average Bonchev–Trinajstić information content (AvgIpc) is 3.52. The Morgan fingerprint density at radius 1 is 1.09 bits per heavy atom. The minimum Gasteiger partial charge on any atom is -0.495 e. The first kappa shape index (κ1) is 23.2. The van der Waals surface area contributed by atoms with Crippen LogP contribution in [0.2, 0.25) is 0 Å². The van der Waals surface area contributed by atoms with Gasteiger partial charge in [-0.1, -0.05) is 30.3 Å². The Bertz CT molecular complexity index is 1250. The Hall–Kier alpha value is -3.98. The molecule has 1 N–H and O–H groups in total. The maximum absolute atomic E-state index is 12.3. The molecule has 0 atom stereocenters. The summed E-state index contributed by atoms with van der Waals surface area (Å²) >= 11 is 1.36. The third-order valence-corrected chi connectivity index (χ3v) is 5.85. The zero-order valence-electron chi connectivity index (χ0n) is 18.6. The first-order valence-electron chi connectivity index (χ1n) is 10.7. The molecule has 34 heavy (non-hydrogen) atoms. The number of para-hydroxylation sites is 3. The molecule has 0 radical (unpaired) electrons. The van der Waals surface area contributed by atoms with Crippen molar-refractivity contribution in [3.05, 3.63) is 88.6 Å². The number of nitrogens with one attached hydrogen (secondary N) is 1. The average molecular weight is 477 g/mol. The zero-order valence-corrected chi connectivity index (χ0v) is 19.5. The van der Waals surface area contributed by atoms with E-state index < -0.39 is 0 Å². The molecule has 2 aromatic heterocycles. The Kier molecular flexibility index (Phi) is 7.67. The molecule has 2 heterocycles. The van der Waals surface area contributed by atoms with E-state index in [1.807, 2.05) is 48.7 Å². The number of benzene rings is 2.